The van der Waals surface area contributed by atoms with Crippen molar-refractivity contribution in [1.29, 1.82) is 0 Å². The monoisotopic (exact) mass is 331 g/mol. The first-order chi connectivity index (χ1) is 11.5. The Hall–Kier alpha value is -2.50. The molecule has 1 aliphatic carbocycles. The van der Waals surface area contributed by atoms with Crippen molar-refractivity contribution in [2.75, 3.05) is 0 Å². The van der Waals surface area contributed by atoms with E-state index < -0.39 is 11.6 Å². The molecule has 0 radical (unpaired) electrons. The minimum atomic E-state index is -0.629. The number of hydrogen-bond donors (Lipinski definition) is 1. The number of nitrogens with one attached hydrogen (secondary N) is 1. The largest absolute Gasteiger partial charge is 0.331 e. The summed E-state index contributed by atoms with van der Waals surface area (Å²) in [6.07, 6.45) is 5.15. The number of rotatable bonds is 5. The SMILES string of the molecule is C[C@@H](NC(=O)N(Cc1ccc(F)cc1F)C1CC1)c1ccncc1. The zero-order valence-electron chi connectivity index (χ0n) is 13.4. The van der Waals surface area contributed by atoms with Crippen LogP contribution in [-0.4, -0.2) is 22.0 Å². The van der Waals surface area contributed by atoms with Crippen LogP contribution in [0.3, 0.4) is 0 Å². The fourth-order valence-corrected chi connectivity index (χ4v) is 2.59. The zero-order chi connectivity index (χ0) is 17.1. The molecule has 2 aromatic rings. The molecule has 1 saturated carbocycles. The predicted molar refractivity (Wildman–Crippen MR) is 86.1 cm³/mol. The van der Waals surface area contributed by atoms with Crippen molar-refractivity contribution in [1.82, 2.24) is 15.2 Å². The minimum Gasteiger partial charge on any atom is -0.331 e. The van der Waals surface area contributed by atoms with Crippen LogP contribution in [-0.2, 0) is 6.54 Å². The Morgan fingerprint density at radius 1 is 1.29 bits per heavy atom. The maximum Gasteiger partial charge on any atom is 0.318 e. The van der Waals surface area contributed by atoms with Crippen molar-refractivity contribution in [3.8, 4) is 0 Å². The van der Waals surface area contributed by atoms with E-state index in [1.807, 2.05) is 19.1 Å². The Kier molecular flexibility index (Phi) is 4.74. The molecule has 6 heteroatoms. The van der Waals surface area contributed by atoms with Crippen LogP contribution >= 0.6 is 0 Å². The van der Waals surface area contributed by atoms with Crippen molar-refractivity contribution < 1.29 is 13.6 Å². The third kappa shape index (κ3) is 3.88. The molecular formula is C18H19F2N3O. The van der Waals surface area contributed by atoms with Gasteiger partial charge in [-0.2, -0.15) is 0 Å². The number of carbonyl (C=O) groups excluding carboxylic acids is 1. The summed E-state index contributed by atoms with van der Waals surface area (Å²) in [6.45, 7) is 2.02. The highest BCUT2D eigenvalue weighted by atomic mass is 19.1. The summed E-state index contributed by atoms with van der Waals surface area (Å²) in [4.78, 5) is 18.2. The third-order valence-corrected chi connectivity index (χ3v) is 4.15. The van der Waals surface area contributed by atoms with Gasteiger partial charge in [0.2, 0.25) is 0 Å². The average Bonchev–Trinajstić information content (AvgIpc) is 3.39. The molecular weight excluding hydrogens is 312 g/mol. The van der Waals surface area contributed by atoms with Crippen LogP contribution in [0.25, 0.3) is 0 Å². The fraction of sp³-hybridized carbons (Fsp3) is 0.333. The molecule has 1 fully saturated rings. The van der Waals surface area contributed by atoms with E-state index in [1.54, 1.807) is 17.3 Å². The lowest BCUT2D eigenvalue weighted by Gasteiger charge is -2.25. The van der Waals surface area contributed by atoms with E-state index in [0.717, 1.165) is 24.5 Å². The number of hydrogen-bond acceptors (Lipinski definition) is 2. The van der Waals surface area contributed by atoms with Crippen LogP contribution in [0.2, 0.25) is 0 Å². The highest BCUT2D eigenvalue weighted by Crippen LogP contribution is 2.29. The summed E-state index contributed by atoms with van der Waals surface area (Å²) in [5.74, 6) is -1.25. The number of benzene rings is 1. The van der Waals surface area contributed by atoms with Crippen LogP contribution in [0.1, 0.15) is 36.9 Å². The van der Waals surface area contributed by atoms with Crippen LogP contribution in [0.15, 0.2) is 42.7 Å². The number of pyridine rings is 1. The van der Waals surface area contributed by atoms with Gasteiger partial charge in [0.15, 0.2) is 0 Å². The first kappa shape index (κ1) is 16.4. The maximum atomic E-state index is 13.9. The first-order valence-corrected chi connectivity index (χ1v) is 7.95. The molecule has 0 unspecified atom stereocenters. The second-order valence-corrected chi connectivity index (χ2v) is 6.05. The molecule has 1 aliphatic rings. The topological polar surface area (TPSA) is 45.2 Å². The molecule has 1 aromatic heterocycles. The molecule has 0 spiro atoms. The Bertz CT molecular complexity index is 719. The summed E-state index contributed by atoms with van der Waals surface area (Å²) in [7, 11) is 0. The molecule has 126 valence electrons. The van der Waals surface area contributed by atoms with Gasteiger partial charge in [0.25, 0.3) is 0 Å². The Balaban J connectivity index is 1.70. The fourth-order valence-electron chi connectivity index (χ4n) is 2.59. The van der Waals surface area contributed by atoms with Gasteiger partial charge >= 0.3 is 6.03 Å². The van der Waals surface area contributed by atoms with Crippen molar-refractivity contribution in [3.05, 3.63) is 65.5 Å². The van der Waals surface area contributed by atoms with Crippen molar-refractivity contribution in [3.63, 3.8) is 0 Å². The summed E-state index contributed by atoms with van der Waals surface area (Å²) in [5.41, 5.74) is 1.26. The number of carbonyl (C=O) groups is 1. The zero-order valence-corrected chi connectivity index (χ0v) is 13.4. The predicted octanol–water partition coefficient (Wildman–Crippen LogP) is 3.80. The molecule has 1 N–H and O–H groups in total. The average molecular weight is 331 g/mol. The van der Waals surface area contributed by atoms with Gasteiger partial charge in [-0.05, 0) is 43.5 Å². The van der Waals surface area contributed by atoms with Crippen LogP contribution in [0, 0.1) is 11.6 Å². The molecule has 0 aliphatic heterocycles. The Labute approximate surface area is 139 Å². The van der Waals surface area contributed by atoms with Crippen molar-refractivity contribution in [2.24, 2.45) is 0 Å². The van der Waals surface area contributed by atoms with Crippen molar-refractivity contribution in [2.45, 2.75) is 38.4 Å². The smallest absolute Gasteiger partial charge is 0.318 e. The summed E-state index contributed by atoms with van der Waals surface area (Å²) in [5, 5.41) is 2.93. The summed E-state index contributed by atoms with van der Waals surface area (Å²) in [6, 6.07) is 6.81. The van der Waals surface area contributed by atoms with E-state index in [2.05, 4.69) is 10.3 Å². The van der Waals surface area contributed by atoms with E-state index in [9.17, 15) is 13.6 Å². The second kappa shape index (κ2) is 6.95. The van der Waals surface area contributed by atoms with Crippen LogP contribution in [0.4, 0.5) is 13.6 Å². The number of urea groups is 1. The van der Waals surface area contributed by atoms with Gasteiger partial charge in [-0.1, -0.05) is 6.07 Å². The standard InChI is InChI=1S/C18H19F2N3O/c1-12(13-6-8-21-9-7-13)22-18(24)23(16-4-5-16)11-14-2-3-15(19)10-17(14)20/h2-3,6-10,12,16H,4-5,11H2,1H3,(H,22,24)/t12-/m1/s1. The lowest BCUT2D eigenvalue weighted by Crippen LogP contribution is -2.42. The quantitative estimate of drug-likeness (QED) is 0.906. The van der Waals surface area contributed by atoms with Gasteiger partial charge in [-0.15, -0.1) is 0 Å². The number of halogens is 2. The van der Waals surface area contributed by atoms with E-state index in [1.165, 1.54) is 12.1 Å². The van der Waals surface area contributed by atoms with Gasteiger partial charge in [-0.25, -0.2) is 13.6 Å². The third-order valence-electron chi connectivity index (χ3n) is 4.15. The summed E-state index contributed by atoms with van der Waals surface area (Å²) < 4.78 is 26.9. The molecule has 1 aromatic carbocycles. The van der Waals surface area contributed by atoms with Gasteiger partial charge < -0.3 is 10.2 Å². The van der Waals surface area contributed by atoms with Gasteiger partial charge in [0.05, 0.1) is 12.6 Å². The molecule has 4 nitrogen and oxygen atoms in total. The highest BCUT2D eigenvalue weighted by molar-refractivity contribution is 5.75. The van der Waals surface area contributed by atoms with E-state index >= 15 is 0 Å². The van der Waals surface area contributed by atoms with E-state index in [-0.39, 0.29) is 24.7 Å². The molecule has 1 atom stereocenters. The van der Waals surface area contributed by atoms with Gasteiger partial charge in [0, 0.05) is 30.1 Å². The maximum absolute atomic E-state index is 13.9. The van der Waals surface area contributed by atoms with Crippen LogP contribution in [0.5, 0.6) is 0 Å². The molecule has 2 amide bonds. The second-order valence-electron chi connectivity index (χ2n) is 6.05. The van der Waals surface area contributed by atoms with E-state index in [0.29, 0.717) is 5.56 Å². The molecule has 3 rings (SSSR count). The number of aromatic nitrogens is 1. The lowest BCUT2D eigenvalue weighted by atomic mass is 10.1. The highest BCUT2D eigenvalue weighted by Gasteiger charge is 2.33. The Morgan fingerprint density at radius 3 is 2.62 bits per heavy atom. The number of amides is 2. The lowest BCUT2D eigenvalue weighted by molar-refractivity contribution is 0.188. The van der Waals surface area contributed by atoms with Crippen molar-refractivity contribution >= 4 is 6.03 Å². The summed E-state index contributed by atoms with van der Waals surface area (Å²) >= 11 is 0. The van der Waals surface area contributed by atoms with Gasteiger partial charge in [-0.3, -0.25) is 4.98 Å². The van der Waals surface area contributed by atoms with Gasteiger partial charge in [0.1, 0.15) is 11.6 Å². The molecule has 24 heavy (non-hydrogen) atoms. The van der Waals surface area contributed by atoms with Crippen LogP contribution < -0.4 is 5.32 Å². The molecule has 0 bridgehead atoms. The molecule has 1 heterocycles. The normalized spacial score (nSPS) is 15.0. The number of nitrogens with zero attached hydrogens (tertiary/aromatic N) is 2. The minimum absolute atomic E-state index is 0.110. The first-order valence-electron chi connectivity index (χ1n) is 7.95. The van der Waals surface area contributed by atoms with E-state index in [4.69, 9.17) is 0 Å². The molecule has 0 saturated heterocycles. The Morgan fingerprint density at radius 2 is 2.00 bits per heavy atom.